The quantitative estimate of drug-likeness (QED) is 0.574. The maximum absolute atomic E-state index is 13.1. The molecule has 0 spiro atoms. The zero-order valence-corrected chi connectivity index (χ0v) is 14.8. The molecule has 0 amide bonds. The second-order valence-electron chi connectivity index (χ2n) is 6.15. The van der Waals surface area contributed by atoms with Crippen LogP contribution in [0.15, 0.2) is 73.1 Å². The molecular formula is C21H18FN5. The summed E-state index contributed by atoms with van der Waals surface area (Å²) in [5, 5.41) is 7.77. The molecule has 4 rings (SSSR count). The Balaban J connectivity index is 1.57. The van der Waals surface area contributed by atoms with Crippen molar-refractivity contribution in [1.82, 2.24) is 19.7 Å². The van der Waals surface area contributed by atoms with E-state index in [2.05, 4.69) is 20.4 Å². The van der Waals surface area contributed by atoms with E-state index in [1.165, 1.54) is 12.1 Å². The van der Waals surface area contributed by atoms with Gasteiger partial charge in [-0.2, -0.15) is 5.10 Å². The lowest BCUT2D eigenvalue weighted by Gasteiger charge is -2.06. The van der Waals surface area contributed by atoms with E-state index in [1.807, 2.05) is 49.5 Å². The molecule has 2 aromatic carbocycles. The highest BCUT2D eigenvalue weighted by atomic mass is 19.1. The fraction of sp³-hybridized carbons (Fsp3) is 0.0952. The van der Waals surface area contributed by atoms with Gasteiger partial charge in [-0.1, -0.05) is 30.3 Å². The molecule has 0 aliphatic heterocycles. The molecule has 6 heteroatoms. The number of hydrogen-bond donors (Lipinski definition) is 1. The van der Waals surface area contributed by atoms with Gasteiger partial charge in [-0.05, 0) is 42.8 Å². The SMILES string of the molecule is Cc1nn(-c2ccc(F)cc2)cc1-c1ccnc(NCc2ccccc2)n1. The zero-order chi connectivity index (χ0) is 18.6. The molecule has 0 saturated heterocycles. The van der Waals surface area contributed by atoms with Gasteiger partial charge in [-0.3, -0.25) is 0 Å². The number of aromatic nitrogens is 4. The largest absolute Gasteiger partial charge is 0.350 e. The molecule has 1 N–H and O–H groups in total. The van der Waals surface area contributed by atoms with Crippen molar-refractivity contribution in [2.45, 2.75) is 13.5 Å². The number of rotatable bonds is 5. The van der Waals surface area contributed by atoms with Crippen LogP contribution in [0.3, 0.4) is 0 Å². The van der Waals surface area contributed by atoms with Crippen molar-refractivity contribution < 1.29 is 4.39 Å². The molecule has 4 aromatic rings. The van der Waals surface area contributed by atoms with Crippen molar-refractivity contribution in [3.63, 3.8) is 0 Å². The van der Waals surface area contributed by atoms with E-state index >= 15 is 0 Å². The van der Waals surface area contributed by atoms with Crippen molar-refractivity contribution in [2.24, 2.45) is 0 Å². The van der Waals surface area contributed by atoms with Gasteiger partial charge in [-0.15, -0.1) is 0 Å². The van der Waals surface area contributed by atoms with Crippen LogP contribution in [-0.2, 0) is 6.54 Å². The molecule has 27 heavy (non-hydrogen) atoms. The maximum Gasteiger partial charge on any atom is 0.223 e. The molecule has 2 heterocycles. The fourth-order valence-corrected chi connectivity index (χ4v) is 2.81. The Morgan fingerprint density at radius 3 is 2.56 bits per heavy atom. The van der Waals surface area contributed by atoms with Crippen LogP contribution in [-0.4, -0.2) is 19.7 Å². The summed E-state index contributed by atoms with van der Waals surface area (Å²) in [5.74, 6) is 0.290. The van der Waals surface area contributed by atoms with E-state index in [0.29, 0.717) is 12.5 Å². The molecule has 0 bridgehead atoms. The third-order valence-electron chi connectivity index (χ3n) is 4.22. The first-order chi connectivity index (χ1) is 13.2. The second-order valence-corrected chi connectivity index (χ2v) is 6.15. The summed E-state index contributed by atoms with van der Waals surface area (Å²) < 4.78 is 14.9. The molecule has 2 aromatic heterocycles. The van der Waals surface area contributed by atoms with Gasteiger partial charge < -0.3 is 5.32 Å². The first-order valence-electron chi connectivity index (χ1n) is 8.62. The van der Waals surface area contributed by atoms with Gasteiger partial charge in [0, 0.05) is 24.5 Å². The summed E-state index contributed by atoms with van der Waals surface area (Å²) >= 11 is 0. The van der Waals surface area contributed by atoms with Crippen molar-refractivity contribution in [3.05, 3.63) is 90.1 Å². The number of halogens is 1. The molecule has 0 unspecified atom stereocenters. The van der Waals surface area contributed by atoms with Crippen LogP contribution >= 0.6 is 0 Å². The molecule has 5 nitrogen and oxygen atoms in total. The van der Waals surface area contributed by atoms with Crippen molar-refractivity contribution >= 4 is 5.95 Å². The molecule has 0 saturated carbocycles. The highest BCUT2D eigenvalue weighted by molar-refractivity contribution is 5.62. The van der Waals surface area contributed by atoms with Gasteiger partial charge in [0.15, 0.2) is 0 Å². The van der Waals surface area contributed by atoms with Crippen molar-refractivity contribution in [3.8, 4) is 16.9 Å². The lowest BCUT2D eigenvalue weighted by Crippen LogP contribution is -2.03. The molecule has 134 valence electrons. The standard InChI is InChI=1S/C21H18FN5/c1-15-19(14-27(26-15)18-9-7-17(22)8-10-18)20-11-12-23-21(25-20)24-13-16-5-3-2-4-6-16/h2-12,14H,13H2,1H3,(H,23,24,25). The van der Waals surface area contributed by atoms with E-state index in [0.717, 1.165) is 28.2 Å². The third-order valence-corrected chi connectivity index (χ3v) is 4.22. The van der Waals surface area contributed by atoms with Crippen LogP contribution in [0.4, 0.5) is 10.3 Å². The zero-order valence-electron chi connectivity index (χ0n) is 14.8. The minimum Gasteiger partial charge on any atom is -0.350 e. The average Bonchev–Trinajstić information content (AvgIpc) is 3.10. The molecular weight excluding hydrogens is 341 g/mol. The maximum atomic E-state index is 13.1. The summed E-state index contributed by atoms with van der Waals surface area (Å²) in [6.07, 6.45) is 3.62. The molecule has 0 radical (unpaired) electrons. The van der Waals surface area contributed by atoms with E-state index < -0.39 is 0 Å². The number of benzene rings is 2. The van der Waals surface area contributed by atoms with Crippen LogP contribution in [0.2, 0.25) is 0 Å². The second kappa shape index (κ2) is 7.37. The van der Waals surface area contributed by atoms with E-state index in [1.54, 1.807) is 23.0 Å². The minimum atomic E-state index is -0.271. The van der Waals surface area contributed by atoms with Crippen LogP contribution in [0.5, 0.6) is 0 Å². The van der Waals surface area contributed by atoms with Gasteiger partial charge in [0.05, 0.1) is 17.1 Å². The average molecular weight is 359 g/mol. The van der Waals surface area contributed by atoms with Gasteiger partial charge >= 0.3 is 0 Å². The lowest BCUT2D eigenvalue weighted by molar-refractivity contribution is 0.627. The monoisotopic (exact) mass is 359 g/mol. The van der Waals surface area contributed by atoms with E-state index in [-0.39, 0.29) is 5.82 Å². The van der Waals surface area contributed by atoms with Gasteiger partial charge in [-0.25, -0.2) is 19.0 Å². The van der Waals surface area contributed by atoms with Crippen molar-refractivity contribution in [1.29, 1.82) is 0 Å². The number of anilines is 1. The first-order valence-corrected chi connectivity index (χ1v) is 8.62. The van der Waals surface area contributed by atoms with Gasteiger partial charge in [0.2, 0.25) is 5.95 Å². The third kappa shape index (κ3) is 3.84. The van der Waals surface area contributed by atoms with Gasteiger partial charge in [0.1, 0.15) is 5.82 Å². The van der Waals surface area contributed by atoms with Crippen LogP contribution in [0, 0.1) is 12.7 Å². The Kier molecular flexibility index (Phi) is 4.61. The Morgan fingerprint density at radius 1 is 1.00 bits per heavy atom. The Labute approximate surface area is 156 Å². The van der Waals surface area contributed by atoms with Crippen molar-refractivity contribution in [2.75, 3.05) is 5.32 Å². The Morgan fingerprint density at radius 2 is 1.78 bits per heavy atom. The smallest absolute Gasteiger partial charge is 0.223 e. The van der Waals surface area contributed by atoms with E-state index in [9.17, 15) is 4.39 Å². The lowest BCUT2D eigenvalue weighted by atomic mass is 10.2. The highest BCUT2D eigenvalue weighted by Gasteiger charge is 2.11. The molecule has 0 fully saturated rings. The molecule has 0 aliphatic rings. The van der Waals surface area contributed by atoms with Crippen LogP contribution < -0.4 is 5.32 Å². The predicted octanol–water partition coefficient (Wildman–Crippen LogP) is 4.39. The van der Waals surface area contributed by atoms with Crippen LogP contribution in [0.25, 0.3) is 16.9 Å². The number of aryl methyl sites for hydroxylation is 1. The topological polar surface area (TPSA) is 55.6 Å². The molecule has 0 aliphatic carbocycles. The number of hydrogen-bond acceptors (Lipinski definition) is 4. The Hall–Kier alpha value is -3.54. The van der Waals surface area contributed by atoms with Crippen LogP contribution in [0.1, 0.15) is 11.3 Å². The highest BCUT2D eigenvalue weighted by Crippen LogP contribution is 2.23. The molecule has 0 atom stereocenters. The first kappa shape index (κ1) is 16.9. The normalized spacial score (nSPS) is 10.7. The predicted molar refractivity (Wildman–Crippen MR) is 103 cm³/mol. The Bertz CT molecular complexity index is 1040. The van der Waals surface area contributed by atoms with Gasteiger partial charge in [0.25, 0.3) is 0 Å². The number of nitrogens with zero attached hydrogens (tertiary/aromatic N) is 4. The fourth-order valence-electron chi connectivity index (χ4n) is 2.81. The summed E-state index contributed by atoms with van der Waals surface area (Å²) in [6, 6.07) is 18.2. The summed E-state index contributed by atoms with van der Waals surface area (Å²) in [6.45, 7) is 2.58. The minimum absolute atomic E-state index is 0.271. The summed E-state index contributed by atoms with van der Waals surface area (Å²) in [7, 11) is 0. The summed E-state index contributed by atoms with van der Waals surface area (Å²) in [4.78, 5) is 8.90. The number of nitrogens with one attached hydrogen (secondary N) is 1. The summed E-state index contributed by atoms with van der Waals surface area (Å²) in [5.41, 5.74) is 4.48. The van der Waals surface area contributed by atoms with E-state index in [4.69, 9.17) is 0 Å².